The smallest absolute Gasteiger partial charge is 0.238 e. The molecule has 1 aromatic rings. The Hall–Kier alpha value is -1.30. The maximum Gasteiger partial charge on any atom is 0.238 e. The van der Waals surface area contributed by atoms with Crippen molar-refractivity contribution < 1.29 is 9.59 Å². The van der Waals surface area contributed by atoms with Gasteiger partial charge < -0.3 is 11.1 Å². The molecule has 1 aromatic carbocycles. The molecule has 7 heteroatoms. The van der Waals surface area contributed by atoms with Crippen molar-refractivity contribution in [3.8, 4) is 0 Å². The minimum Gasteiger partial charge on any atom is -0.369 e. The number of hydrogen-bond acceptors (Lipinski definition) is 3. The van der Waals surface area contributed by atoms with E-state index in [-0.39, 0.29) is 25.0 Å². The molecule has 0 atom stereocenters. The Morgan fingerprint density at radius 3 is 2.50 bits per heavy atom. The van der Waals surface area contributed by atoms with Crippen LogP contribution in [-0.4, -0.2) is 35.8 Å². The third kappa shape index (κ3) is 5.36. The molecule has 0 aliphatic rings. The van der Waals surface area contributed by atoms with E-state index >= 15 is 0 Å². The van der Waals surface area contributed by atoms with Crippen LogP contribution in [0.3, 0.4) is 0 Å². The van der Waals surface area contributed by atoms with E-state index in [1.165, 1.54) is 0 Å². The lowest BCUT2D eigenvalue weighted by Crippen LogP contribution is -2.43. The molecule has 1 rings (SSSR count). The molecular weight excluding hydrogens is 301 g/mol. The van der Waals surface area contributed by atoms with E-state index in [9.17, 15) is 9.59 Å². The van der Waals surface area contributed by atoms with Crippen molar-refractivity contribution in [2.24, 2.45) is 5.73 Å². The topological polar surface area (TPSA) is 75.4 Å². The number of halogens is 2. The first kappa shape index (κ1) is 16.8. The number of carbonyl (C=O) groups excluding carboxylic acids is 2. The van der Waals surface area contributed by atoms with Crippen molar-refractivity contribution in [2.75, 3.05) is 18.4 Å². The van der Waals surface area contributed by atoms with Gasteiger partial charge in [-0.3, -0.25) is 14.5 Å². The number of nitrogens with two attached hydrogens (primary N) is 1. The molecule has 5 nitrogen and oxygen atoms in total. The van der Waals surface area contributed by atoms with Gasteiger partial charge in [0.2, 0.25) is 11.8 Å². The minimum absolute atomic E-state index is 0.0167. The summed E-state index contributed by atoms with van der Waals surface area (Å²) < 4.78 is 0. The molecule has 0 bridgehead atoms. The van der Waals surface area contributed by atoms with E-state index in [1.54, 1.807) is 23.1 Å². The number of nitrogens with one attached hydrogen (secondary N) is 1. The SMILES string of the molecule is CC(C)N(CC(N)=O)CC(=O)Nc1cc(Cl)ccc1Cl. The maximum atomic E-state index is 12.0. The van der Waals surface area contributed by atoms with Gasteiger partial charge in [0.1, 0.15) is 0 Å². The van der Waals surface area contributed by atoms with E-state index in [4.69, 9.17) is 28.9 Å². The lowest BCUT2D eigenvalue weighted by molar-refractivity contribution is -0.121. The van der Waals surface area contributed by atoms with Crippen LogP contribution in [0.1, 0.15) is 13.8 Å². The molecule has 0 spiro atoms. The van der Waals surface area contributed by atoms with Crippen molar-refractivity contribution in [3.63, 3.8) is 0 Å². The molecule has 20 heavy (non-hydrogen) atoms. The molecule has 0 aliphatic carbocycles. The fourth-order valence-corrected chi connectivity index (χ4v) is 1.93. The number of nitrogens with zero attached hydrogens (tertiary/aromatic N) is 1. The van der Waals surface area contributed by atoms with Crippen molar-refractivity contribution in [2.45, 2.75) is 19.9 Å². The molecule has 0 fully saturated rings. The van der Waals surface area contributed by atoms with Crippen LogP contribution in [0.15, 0.2) is 18.2 Å². The summed E-state index contributed by atoms with van der Waals surface area (Å²) in [5, 5.41) is 3.53. The quantitative estimate of drug-likeness (QED) is 0.844. The first-order valence-corrected chi connectivity index (χ1v) is 6.82. The van der Waals surface area contributed by atoms with Gasteiger partial charge in [0.25, 0.3) is 0 Å². The first-order chi connectivity index (χ1) is 9.29. The molecule has 0 aliphatic heterocycles. The highest BCUT2D eigenvalue weighted by molar-refractivity contribution is 6.35. The molecule has 0 heterocycles. The summed E-state index contributed by atoms with van der Waals surface area (Å²) >= 11 is 11.8. The van der Waals surface area contributed by atoms with Crippen LogP contribution >= 0.6 is 23.2 Å². The normalized spacial score (nSPS) is 10.9. The van der Waals surface area contributed by atoms with Gasteiger partial charge in [-0.05, 0) is 32.0 Å². The fourth-order valence-electron chi connectivity index (χ4n) is 1.59. The number of amides is 2. The zero-order chi connectivity index (χ0) is 15.3. The molecule has 110 valence electrons. The van der Waals surface area contributed by atoms with Crippen LogP contribution in [0.25, 0.3) is 0 Å². The van der Waals surface area contributed by atoms with Gasteiger partial charge >= 0.3 is 0 Å². The van der Waals surface area contributed by atoms with Crippen LogP contribution in [0.4, 0.5) is 5.69 Å². The van der Waals surface area contributed by atoms with Crippen LogP contribution in [0, 0.1) is 0 Å². The third-order valence-corrected chi connectivity index (χ3v) is 3.20. The molecule has 0 saturated carbocycles. The first-order valence-electron chi connectivity index (χ1n) is 6.07. The van der Waals surface area contributed by atoms with E-state index in [2.05, 4.69) is 5.32 Å². The van der Waals surface area contributed by atoms with Crippen LogP contribution in [0.5, 0.6) is 0 Å². The van der Waals surface area contributed by atoms with E-state index in [1.807, 2.05) is 13.8 Å². The lowest BCUT2D eigenvalue weighted by Gasteiger charge is -2.24. The molecule has 0 saturated heterocycles. The van der Waals surface area contributed by atoms with Gasteiger partial charge in [-0.15, -0.1) is 0 Å². The number of carbonyl (C=O) groups is 2. The maximum absolute atomic E-state index is 12.0. The second-order valence-corrected chi connectivity index (χ2v) is 5.48. The van der Waals surface area contributed by atoms with E-state index in [0.717, 1.165) is 0 Å². The zero-order valence-electron chi connectivity index (χ0n) is 11.3. The standard InChI is InChI=1S/C13H17Cl2N3O2/c1-8(2)18(6-12(16)19)7-13(20)17-11-5-9(14)3-4-10(11)15/h3-5,8H,6-7H2,1-2H3,(H2,16,19)(H,17,20). The Morgan fingerprint density at radius 2 is 1.95 bits per heavy atom. The highest BCUT2D eigenvalue weighted by Gasteiger charge is 2.16. The molecule has 3 N–H and O–H groups in total. The third-order valence-electron chi connectivity index (χ3n) is 2.64. The summed E-state index contributed by atoms with van der Waals surface area (Å²) in [5.74, 6) is -0.767. The molecule has 0 radical (unpaired) electrons. The number of primary amides is 1. The van der Waals surface area contributed by atoms with E-state index < -0.39 is 5.91 Å². The van der Waals surface area contributed by atoms with Gasteiger partial charge in [0.05, 0.1) is 23.8 Å². The molecule has 2 amide bonds. The Morgan fingerprint density at radius 1 is 1.30 bits per heavy atom. The van der Waals surface area contributed by atoms with Crippen LogP contribution in [0.2, 0.25) is 10.0 Å². The predicted molar refractivity (Wildman–Crippen MR) is 81.0 cm³/mol. The minimum atomic E-state index is -0.479. The van der Waals surface area contributed by atoms with Gasteiger partial charge in [-0.2, -0.15) is 0 Å². The van der Waals surface area contributed by atoms with Crippen LogP contribution < -0.4 is 11.1 Å². The largest absolute Gasteiger partial charge is 0.369 e. The van der Waals surface area contributed by atoms with Gasteiger partial charge in [-0.25, -0.2) is 0 Å². The summed E-state index contributed by atoms with van der Waals surface area (Å²) in [6, 6.07) is 4.81. The van der Waals surface area contributed by atoms with Gasteiger partial charge in [-0.1, -0.05) is 23.2 Å². The van der Waals surface area contributed by atoms with E-state index in [0.29, 0.717) is 15.7 Å². The van der Waals surface area contributed by atoms with Gasteiger partial charge in [0.15, 0.2) is 0 Å². The average Bonchev–Trinajstić information content (AvgIpc) is 2.32. The Balaban J connectivity index is 2.70. The summed E-state index contributed by atoms with van der Waals surface area (Å²) in [6.07, 6.45) is 0. The van der Waals surface area contributed by atoms with Crippen molar-refractivity contribution in [1.82, 2.24) is 4.90 Å². The van der Waals surface area contributed by atoms with Gasteiger partial charge in [0, 0.05) is 11.1 Å². The summed E-state index contributed by atoms with van der Waals surface area (Å²) in [6.45, 7) is 3.82. The fraction of sp³-hybridized carbons (Fsp3) is 0.385. The highest BCUT2D eigenvalue weighted by Crippen LogP contribution is 2.25. The van der Waals surface area contributed by atoms with Crippen molar-refractivity contribution in [1.29, 1.82) is 0 Å². The molecule has 0 unspecified atom stereocenters. The van der Waals surface area contributed by atoms with Crippen LogP contribution in [-0.2, 0) is 9.59 Å². The summed E-state index contributed by atoms with van der Waals surface area (Å²) in [5.41, 5.74) is 5.59. The average molecular weight is 318 g/mol. The summed E-state index contributed by atoms with van der Waals surface area (Å²) in [7, 11) is 0. The molecular formula is C13H17Cl2N3O2. The number of hydrogen-bond donors (Lipinski definition) is 2. The summed E-state index contributed by atoms with van der Waals surface area (Å²) in [4.78, 5) is 24.6. The van der Waals surface area contributed by atoms with Crippen molar-refractivity contribution in [3.05, 3.63) is 28.2 Å². The second-order valence-electron chi connectivity index (χ2n) is 4.64. The predicted octanol–water partition coefficient (Wildman–Crippen LogP) is 2.13. The lowest BCUT2D eigenvalue weighted by atomic mass is 10.3. The number of rotatable bonds is 6. The van der Waals surface area contributed by atoms with Crippen molar-refractivity contribution >= 4 is 40.7 Å². The monoisotopic (exact) mass is 317 g/mol. The molecule has 0 aromatic heterocycles. The Kier molecular flexibility index (Phi) is 6.26. The number of benzene rings is 1. The Labute approximate surface area is 128 Å². The number of anilines is 1. The highest BCUT2D eigenvalue weighted by atomic mass is 35.5. The zero-order valence-corrected chi connectivity index (χ0v) is 12.8. The second kappa shape index (κ2) is 7.47. The Bertz CT molecular complexity index is 506.